The maximum Gasteiger partial charge on any atom is 0.223 e. The molecular formula is C19H23N3OS. The first kappa shape index (κ1) is 16.9. The molecule has 126 valence electrons. The Morgan fingerprint density at radius 2 is 2.21 bits per heavy atom. The maximum atomic E-state index is 12.4. The number of nitrogens with zero attached hydrogens (tertiary/aromatic N) is 2. The van der Waals surface area contributed by atoms with Gasteiger partial charge in [-0.2, -0.15) is 0 Å². The number of hydrogen-bond acceptors (Lipinski definition) is 4. The number of thiazole rings is 1. The topological polar surface area (TPSA) is 45.2 Å². The van der Waals surface area contributed by atoms with E-state index in [1.807, 2.05) is 18.2 Å². The lowest BCUT2D eigenvalue weighted by Gasteiger charge is -2.30. The van der Waals surface area contributed by atoms with Crippen molar-refractivity contribution in [3.63, 3.8) is 0 Å². The molecule has 24 heavy (non-hydrogen) atoms. The smallest absolute Gasteiger partial charge is 0.223 e. The number of aromatic nitrogens is 1. The van der Waals surface area contributed by atoms with Crippen LogP contribution in [-0.2, 0) is 4.79 Å². The second-order valence-corrected chi connectivity index (χ2v) is 7.48. The third-order valence-corrected chi connectivity index (χ3v) is 5.86. The Labute approximate surface area is 147 Å². The summed E-state index contributed by atoms with van der Waals surface area (Å²) < 4.78 is 1.20. The Morgan fingerprint density at radius 3 is 2.92 bits per heavy atom. The molecular weight excluding hydrogens is 318 g/mol. The minimum Gasteiger partial charge on any atom is -0.355 e. The van der Waals surface area contributed by atoms with Gasteiger partial charge < -0.3 is 5.32 Å². The summed E-state index contributed by atoms with van der Waals surface area (Å²) in [6, 6.07) is 8.16. The van der Waals surface area contributed by atoms with Gasteiger partial charge in [0.15, 0.2) is 0 Å². The number of amides is 1. The number of terminal acetylenes is 1. The predicted molar refractivity (Wildman–Crippen MR) is 99.0 cm³/mol. The van der Waals surface area contributed by atoms with E-state index >= 15 is 0 Å². The summed E-state index contributed by atoms with van der Waals surface area (Å²) >= 11 is 1.71. The third kappa shape index (κ3) is 3.95. The molecule has 0 spiro atoms. The third-order valence-electron chi connectivity index (χ3n) is 4.59. The van der Waals surface area contributed by atoms with Crippen molar-refractivity contribution in [1.82, 2.24) is 15.2 Å². The highest BCUT2D eigenvalue weighted by atomic mass is 32.1. The van der Waals surface area contributed by atoms with Crippen LogP contribution in [0.4, 0.5) is 0 Å². The van der Waals surface area contributed by atoms with E-state index in [0.29, 0.717) is 13.1 Å². The number of hydrogen-bond donors (Lipinski definition) is 1. The van der Waals surface area contributed by atoms with Crippen molar-refractivity contribution >= 4 is 27.5 Å². The predicted octanol–water partition coefficient (Wildman–Crippen LogP) is 2.86. The molecule has 2 heterocycles. The Hall–Kier alpha value is -1.90. The van der Waals surface area contributed by atoms with Gasteiger partial charge in [-0.3, -0.25) is 9.69 Å². The standard InChI is InChI=1S/C19H23N3OS/c1-3-10-22-11-8-15(9-12-22)18(23)20-13-14(2)19-21-16-6-4-5-7-17(16)24-19/h1,4-7,14-15H,8-13H2,2H3,(H,20,23). The van der Waals surface area contributed by atoms with Gasteiger partial charge in [0, 0.05) is 18.4 Å². The van der Waals surface area contributed by atoms with Gasteiger partial charge in [0.05, 0.1) is 21.8 Å². The second kappa shape index (κ2) is 7.78. The highest BCUT2D eigenvalue weighted by Crippen LogP contribution is 2.27. The Bertz CT molecular complexity index is 707. The summed E-state index contributed by atoms with van der Waals surface area (Å²) in [5.74, 6) is 3.18. The molecule has 1 aromatic heterocycles. The summed E-state index contributed by atoms with van der Waals surface area (Å²) in [5, 5.41) is 4.19. The lowest BCUT2D eigenvalue weighted by atomic mass is 9.95. The molecule has 2 aromatic rings. The molecule has 1 aliphatic rings. The van der Waals surface area contributed by atoms with Crippen molar-refractivity contribution in [2.45, 2.75) is 25.7 Å². The molecule has 1 atom stereocenters. The highest BCUT2D eigenvalue weighted by molar-refractivity contribution is 7.18. The average molecular weight is 341 g/mol. The first-order valence-electron chi connectivity index (χ1n) is 8.46. The fourth-order valence-electron chi connectivity index (χ4n) is 3.07. The van der Waals surface area contributed by atoms with Gasteiger partial charge in [-0.05, 0) is 38.1 Å². The lowest BCUT2D eigenvalue weighted by Crippen LogP contribution is -2.41. The largest absolute Gasteiger partial charge is 0.355 e. The number of para-hydroxylation sites is 1. The van der Waals surface area contributed by atoms with Crippen molar-refractivity contribution in [1.29, 1.82) is 0 Å². The van der Waals surface area contributed by atoms with Crippen LogP contribution in [0.1, 0.15) is 30.7 Å². The van der Waals surface area contributed by atoms with Crippen molar-refractivity contribution in [2.24, 2.45) is 5.92 Å². The number of likely N-dealkylation sites (tertiary alicyclic amines) is 1. The molecule has 0 saturated carbocycles. The van der Waals surface area contributed by atoms with Crippen molar-refractivity contribution < 1.29 is 4.79 Å². The molecule has 0 bridgehead atoms. The molecule has 1 aliphatic heterocycles. The summed E-state index contributed by atoms with van der Waals surface area (Å²) in [6.45, 7) is 5.27. The molecule has 1 saturated heterocycles. The van der Waals surface area contributed by atoms with E-state index in [1.54, 1.807) is 11.3 Å². The van der Waals surface area contributed by atoms with Crippen LogP contribution in [0.3, 0.4) is 0 Å². The van der Waals surface area contributed by atoms with E-state index in [4.69, 9.17) is 6.42 Å². The molecule has 1 aromatic carbocycles. The molecule has 0 radical (unpaired) electrons. The zero-order chi connectivity index (χ0) is 16.9. The van der Waals surface area contributed by atoms with Crippen molar-refractivity contribution in [3.8, 4) is 12.3 Å². The van der Waals surface area contributed by atoms with Gasteiger partial charge in [0.25, 0.3) is 0 Å². The van der Waals surface area contributed by atoms with Crippen LogP contribution in [0.25, 0.3) is 10.2 Å². The first-order chi connectivity index (χ1) is 11.7. The summed E-state index contributed by atoms with van der Waals surface area (Å²) in [4.78, 5) is 19.3. The zero-order valence-corrected chi connectivity index (χ0v) is 14.8. The molecule has 3 rings (SSSR count). The number of carbonyl (C=O) groups excluding carboxylic acids is 1. The molecule has 1 unspecified atom stereocenters. The van der Waals surface area contributed by atoms with E-state index in [0.717, 1.165) is 36.5 Å². The first-order valence-corrected chi connectivity index (χ1v) is 9.28. The van der Waals surface area contributed by atoms with Crippen LogP contribution < -0.4 is 5.32 Å². The van der Waals surface area contributed by atoms with Gasteiger partial charge in [0.2, 0.25) is 5.91 Å². The van der Waals surface area contributed by atoms with Gasteiger partial charge in [-0.1, -0.05) is 25.0 Å². The van der Waals surface area contributed by atoms with E-state index in [1.165, 1.54) is 4.70 Å². The summed E-state index contributed by atoms with van der Waals surface area (Å²) in [7, 11) is 0. The molecule has 5 heteroatoms. The number of fused-ring (bicyclic) bond motifs is 1. The van der Waals surface area contributed by atoms with Crippen molar-refractivity contribution in [3.05, 3.63) is 29.3 Å². The fourth-order valence-corrected chi connectivity index (χ4v) is 4.09. The van der Waals surface area contributed by atoms with E-state index in [9.17, 15) is 4.79 Å². The van der Waals surface area contributed by atoms with Crippen LogP contribution in [0.15, 0.2) is 24.3 Å². The number of nitrogens with one attached hydrogen (secondary N) is 1. The van der Waals surface area contributed by atoms with E-state index in [-0.39, 0.29) is 17.7 Å². The monoisotopic (exact) mass is 341 g/mol. The Morgan fingerprint density at radius 1 is 1.46 bits per heavy atom. The van der Waals surface area contributed by atoms with Crippen LogP contribution >= 0.6 is 11.3 Å². The average Bonchev–Trinajstić information content (AvgIpc) is 3.04. The van der Waals surface area contributed by atoms with Crippen molar-refractivity contribution in [2.75, 3.05) is 26.2 Å². The van der Waals surface area contributed by atoms with Crippen LogP contribution in [0.2, 0.25) is 0 Å². The molecule has 1 fully saturated rings. The minimum atomic E-state index is 0.113. The van der Waals surface area contributed by atoms with Gasteiger partial charge in [0.1, 0.15) is 0 Å². The number of carbonyl (C=O) groups is 1. The van der Waals surface area contributed by atoms with Crippen LogP contribution in [-0.4, -0.2) is 42.0 Å². The SMILES string of the molecule is C#CCN1CCC(C(=O)NCC(C)c2nc3ccccc3s2)CC1. The van der Waals surface area contributed by atoms with Gasteiger partial charge in [-0.25, -0.2) is 4.98 Å². The zero-order valence-electron chi connectivity index (χ0n) is 14.0. The number of benzene rings is 1. The lowest BCUT2D eigenvalue weighted by molar-refractivity contribution is -0.126. The van der Waals surface area contributed by atoms with Crippen LogP contribution in [0, 0.1) is 18.3 Å². The Kier molecular flexibility index (Phi) is 5.49. The van der Waals surface area contributed by atoms with E-state index in [2.05, 4.69) is 34.1 Å². The number of rotatable bonds is 5. The van der Waals surface area contributed by atoms with Crippen LogP contribution in [0.5, 0.6) is 0 Å². The minimum absolute atomic E-state index is 0.113. The molecule has 1 N–H and O–H groups in total. The van der Waals surface area contributed by atoms with E-state index < -0.39 is 0 Å². The normalized spacial score (nSPS) is 17.5. The second-order valence-electron chi connectivity index (χ2n) is 6.42. The number of piperidine rings is 1. The summed E-state index contributed by atoms with van der Waals surface area (Å²) in [5.41, 5.74) is 1.04. The van der Waals surface area contributed by atoms with Gasteiger partial charge >= 0.3 is 0 Å². The van der Waals surface area contributed by atoms with Gasteiger partial charge in [-0.15, -0.1) is 17.8 Å². The Balaban J connectivity index is 1.50. The fraction of sp³-hybridized carbons (Fsp3) is 0.474. The summed E-state index contributed by atoms with van der Waals surface area (Å²) in [6.07, 6.45) is 7.13. The molecule has 1 amide bonds. The molecule has 4 nitrogen and oxygen atoms in total. The quantitative estimate of drug-likeness (QED) is 0.851. The highest BCUT2D eigenvalue weighted by Gasteiger charge is 2.25. The molecule has 0 aliphatic carbocycles. The maximum absolute atomic E-state index is 12.4.